The van der Waals surface area contributed by atoms with Crippen LogP contribution in [0.3, 0.4) is 0 Å². The highest BCUT2D eigenvalue weighted by Crippen LogP contribution is 2.22. The van der Waals surface area contributed by atoms with Crippen molar-refractivity contribution in [2.24, 2.45) is 7.05 Å². The largest absolute Gasteiger partial charge is 0.382 e. The zero-order valence-corrected chi connectivity index (χ0v) is 19.4. The summed E-state index contributed by atoms with van der Waals surface area (Å²) in [5.41, 5.74) is 2.36. The predicted molar refractivity (Wildman–Crippen MR) is 129 cm³/mol. The van der Waals surface area contributed by atoms with E-state index in [0.717, 1.165) is 17.1 Å². The average Bonchev–Trinajstić information content (AvgIpc) is 3.24. The molecule has 34 heavy (non-hydrogen) atoms. The molecule has 1 amide bonds. The quantitative estimate of drug-likeness (QED) is 0.398. The lowest BCUT2D eigenvalue weighted by molar-refractivity contribution is 0.0786. The van der Waals surface area contributed by atoms with E-state index in [4.69, 9.17) is 4.74 Å². The maximum Gasteiger partial charge on any atom is 0.252 e. The lowest BCUT2D eigenvalue weighted by Gasteiger charge is -2.31. The minimum atomic E-state index is -0.660. The lowest BCUT2D eigenvalue weighted by Crippen LogP contribution is -2.46. The van der Waals surface area contributed by atoms with Gasteiger partial charge in [-0.15, -0.1) is 10.2 Å². The molecule has 2 aromatic heterocycles. The van der Waals surface area contributed by atoms with Gasteiger partial charge in [0.15, 0.2) is 11.6 Å². The van der Waals surface area contributed by atoms with Crippen molar-refractivity contribution in [3.63, 3.8) is 0 Å². The number of carbonyl (C=O) groups is 1. The van der Waals surface area contributed by atoms with Crippen LogP contribution in [0.15, 0.2) is 73.2 Å². The van der Waals surface area contributed by atoms with Crippen LogP contribution in [0.5, 0.6) is 0 Å². The van der Waals surface area contributed by atoms with Gasteiger partial charge in [-0.1, -0.05) is 36.4 Å². The number of hydrogen-bond donors (Lipinski definition) is 2. The number of nitrogens with one attached hydrogen (secondary N) is 2. The summed E-state index contributed by atoms with van der Waals surface area (Å²) in [5, 5.41) is 15.0. The van der Waals surface area contributed by atoms with Crippen LogP contribution in [0.1, 0.15) is 28.7 Å². The number of ether oxygens (including phenoxy) is 1. The first-order chi connectivity index (χ1) is 16.5. The predicted octanol–water partition coefficient (Wildman–Crippen LogP) is 3.18. The number of amides is 1. The van der Waals surface area contributed by atoms with Crippen LogP contribution < -0.4 is 10.6 Å². The first-order valence-corrected chi connectivity index (χ1v) is 10.9. The second kappa shape index (κ2) is 10.2. The highest BCUT2D eigenvalue weighted by molar-refractivity contribution is 5.95. The molecule has 0 bridgehead atoms. The van der Waals surface area contributed by atoms with Crippen molar-refractivity contribution in [3.8, 4) is 11.5 Å². The number of carbonyl (C=O) groups excluding carboxylic acids is 1. The Morgan fingerprint density at radius 3 is 2.65 bits per heavy atom. The van der Waals surface area contributed by atoms with Gasteiger partial charge in [-0.25, -0.2) is 9.97 Å². The number of methoxy groups -OCH3 is 1. The molecule has 2 aromatic carbocycles. The van der Waals surface area contributed by atoms with E-state index >= 15 is 0 Å². The second-order valence-electron chi connectivity index (χ2n) is 8.11. The van der Waals surface area contributed by atoms with E-state index in [1.165, 1.54) is 6.33 Å². The van der Waals surface area contributed by atoms with Crippen LogP contribution in [-0.4, -0.2) is 44.4 Å². The molecule has 0 aliphatic carbocycles. The van der Waals surface area contributed by atoms with Crippen LogP contribution in [-0.2, 0) is 23.9 Å². The first-order valence-electron chi connectivity index (χ1n) is 10.9. The Balaban J connectivity index is 1.46. The number of benzene rings is 2. The Bertz CT molecular complexity index is 1240. The van der Waals surface area contributed by atoms with Gasteiger partial charge in [0.1, 0.15) is 12.0 Å². The molecule has 0 aliphatic heterocycles. The molecule has 9 heteroatoms. The minimum absolute atomic E-state index is 0.184. The van der Waals surface area contributed by atoms with Gasteiger partial charge in [0.2, 0.25) is 0 Å². The molecule has 2 heterocycles. The smallest absolute Gasteiger partial charge is 0.252 e. The van der Waals surface area contributed by atoms with Crippen molar-refractivity contribution in [2.45, 2.75) is 19.0 Å². The molecule has 0 radical (unpaired) electrons. The van der Waals surface area contributed by atoms with Crippen LogP contribution in [0.25, 0.3) is 11.5 Å². The highest BCUT2D eigenvalue weighted by atomic mass is 16.5. The molecule has 4 rings (SSSR count). The number of rotatable bonds is 9. The highest BCUT2D eigenvalue weighted by Gasteiger charge is 2.29. The molecule has 0 saturated heterocycles. The zero-order chi connectivity index (χ0) is 24.0. The van der Waals surface area contributed by atoms with E-state index in [0.29, 0.717) is 30.2 Å². The maximum absolute atomic E-state index is 13.1. The third-order valence-corrected chi connectivity index (χ3v) is 5.58. The summed E-state index contributed by atoms with van der Waals surface area (Å²) >= 11 is 0. The van der Waals surface area contributed by atoms with Gasteiger partial charge in [-0.05, 0) is 36.8 Å². The number of anilines is 1. The molecular weight excluding hydrogens is 430 g/mol. The van der Waals surface area contributed by atoms with E-state index in [9.17, 15) is 4.79 Å². The molecule has 0 fully saturated rings. The first kappa shape index (κ1) is 23.1. The number of hydrogen-bond acceptors (Lipinski definition) is 7. The summed E-state index contributed by atoms with van der Waals surface area (Å²) < 4.78 is 7.28. The van der Waals surface area contributed by atoms with E-state index in [1.807, 2.05) is 67.1 Å². The van der Waals surface area contributed by atoms with Gasteiger partial charge >= 0.3 is 0 Å². The molecular formula is C25H27N7O2. The molecule has 2 N–H and O–H groups in total. The summed E-state index contributed by atoms with van der Waals surface area (Å²) in [6.45, 7) is 2.74. The summed E-state index contributed by atoms with van der Waals surface area (Å²) in [4.78, 5) is 21.3. The fourth-order valence-corrected chi connectivity index (χ4v) is 3.72. The van der Waals surface area contributed by atoms with Crippen LogP contribution in [0.2, 0.25) is 0 Å². The normalized spacial score (nSPS) is 12.7. The summed E-state index contributed by atoms with van der Waals surface area (Å²) in [6.07, 6.45) is 3.15. The molecule has 0 spiro atoms. The van der Waals surface area contributed by atoms with Crippen molar-refractivity contribution in [2.75, 3.05) is 19.0 Å². The van der Waals surface area contributed by atoms with Crippen molar-refractivity contribution in [1.82, 2.24) is 30.0 Å². The Morgan fingerprint density at radius 2 is 1.91 bits per heavy atom. The molecule has 0 saturated carbocycles. The van der Waals surface area contributed by atoms with Gasteiger partial charge in [0.25, 0.3) is 5.91 Å². The van der Waals surface area contributed by atoms with E-state index < -0.39 is 5.54 Å². The molecule has 1 unspecified atom stereocenters. The van der Waals surface area contributed by atoms with Crippen molar-refractivity contribution >= 4 is 11.6 Å². The lowest BCUT2D eigenvalue weighted by atomic mass is 9.92. The fraction of sp³-hybridized carbons (Fsp3) is 0.240. The Labute approximate surface area is 198 Å². The average molecular weight is 458 g/mol. The van der Waals surface area contributed by atoms with Gasteiger partial charge < -0.3 is 19.9 Å². The van der Waals surface area contributed by atoms with Gasteiger partial charge in [0, 0.05) is 31.6 Å². The summed E-state index contributed by atoms with van der Waals surface area (Å²) in [6, 6.07) is 18.9. The molecule has 4 aromatic rings. The number of aromatic nitrogens is 5. The molecule has 174 valence electrons. The topological polar surface area (TPSA) is 107 Å². The van der Waals surface area contributed by atoms with Gasteiger partial charge in [-0.3, -0.25) is 4.79 Å². The second-order valence-corrected chi connectivity index (χ2v) is 8.11. The third kappa shape index (κ3) is 5.10. The molecule has 1 atom stereocenters. The number of nitrogens with zero attached hydrogens (tertiary/aromatic N) is 5. The SMILES string of the molecule is COCC(C)(NC(=O)c1cccc(NCc2nnc(-c3ccncn3)n2C)c1)c1ccccc1. The van der Waals surface area contributed by atoms with Gasteiger partial charge in [-0.2, -0.15) is 0 Å². The minimum Gasteiger partial charge on any atom is -0.382 e. The Morgan fingerprint density at radius 1 is 1.09 bits per heavy atom. The fourth-order valence-electron chi connectivity index (χ4n) is 3.72. The molecule has 0 aliphatic rings. The van der Waals surface area contributed by atoms with Crippen LogP contribution in [0, 0.1) is 0 Å². The van der Waals surface area contributed by atoms with Crippen molar-refractivity contribution in [1.29, 1.82) is 0 Å². The standard InChI is InChI=1S/C25H27N7O2/c1-25(16-34-3,19-9-5-4-6-10-19)29-24(33)18-8-7-11-20(14-18)27-15-22-30-31-23(32(22)2)21-12-13-26-17-28-21/h4-14,17,27H,15-16H2,1-3H3,(H,29,33). The van der Waals surface area contributed by atoms with E-state index in [1.54, 1.807) is 25.4 Å². The zero-order valence-electron chi connectivity index (χ0n) is 19.4. The Hall–Kier alpha value is -4.11. The van der Waals surface area contributed by atoms with E-state index in [2.05, 4.69) is 30.8 Å². The summed E-state index contributed by atoms with van der Waals surface area (Å²) in [5.74, 6) is 1.21. The Kier molecular flexibility index (Phi) is 6.93. The summed E-state index contributed by atoms with van der Waals surface area (Å²) in [7, 11) is 3.51. The monoisotopic (exact) mass is 457 g/mol. The third-order valence-electron chi connectivity index (χ3n) is 5.58. The van der Waals surface area contributed by atoms with Gasteiger partial charge in [0.05, 0.1) is 18.7 Å². The molecule has 9 nitrogen and oxygen atoms in total. The van der Waals surface area contributed by atoms with E-state index in [-0.39, 0.29) is 5.91 Å². The van der Waals surface area contributed by atoms with Crippen molar-refractivity contribution in [3.05, 3.63) is 90.1 Å². The van der Waals surface area contributed by atoms with Crippen LogP contribution in [0.4, 0.5) is 5.69 Å². The van der Waals surface area contributed by atoms with Crippen LogP contribution >= 0.6 is 0 Å². The van der Waals surface area contributed by atoms with Crippen molar-refractivity contribution < 1.29 is 9.53 Å². The maximum atomic E-state index is 13.1.